The summed E-state index contributed by atoms with van der Waals surface area (Å²) in [5.41, 5.74) is 3.04. The van der Waals surface area contributed by atoms with E-state index < -0.39 is 0 Å². The van der Waals surface area contributed by atoms with Crippen LogP contribution >= 0.6 is 0 Å². The maximum absolute atomic E-state index is 10.9. The Kier molecular flexibility index (Phi) is 12.4. The van der Waals surface area contributed by atoms with E-state index in [0.717, 1.165) is 16.7 Å². The third-order valence-corrected chi connectivity index (χ3v) is 4.80. The maximum atomic E-state index is 10.9. The molecule has 0 fully saturated rings. The van der Waals surface area contributed by atoms with Gasteiger partial charge in [-0.2, -0.15) is 0 Å². The average Bonchev–Trinajstić information content (AvgIpc) is 2.64. The molecule has 0 aliphatic rings. The van der Waals surface area contributed by atoms with Crippen molar-refractivity contribution in [2.75, 3.05) is 21.3 Å². The largest absolute Gasteiger partial charge is 2.00 e. The zero-order chi connectivity index (χ0) is 22.0. The van der Waals surface area contributed by atoms with E-state index in [2.05, 4.69) is 52.6 Å². The number of ether oxygens (including phenoxy) is 3. The molecule has 0 aliphatic heterocycles. The second kappa shape index (κ2) is 12.3. The average molecular weight is 477 g/mol. The van der Waals surface area contributed by atoms with Gasteiger partial charge in [0.15, 0.2) is 11.5 Å². The molecule has 2 aromatic rings. The van der Waals surface area contributed by atoms with E-state index in [0.29, 0.717) is 22.9 Å². The summed E-state index contributed by atoms with van der Waals surface area (Å²) in [7, 11) is 4.72. The van der Waals surface area contributed by atoms with E-state index in [9.17, 15) is 5.11 Å². The monoisotopic (exact) mass is 477 g/mol. The zero-order valence-corrected chi connectivity index (χ0v) is 23.1. The summed E-state index contributed by atoms with van der Waals surface area (Å²) in [6.07, 6.45) is 1.69. The molecular formula is C26H39NO4Ti. The third-order valence-electron chi connectivity index (χ3n) is 4.80. The summed E-state index contributed by atoms with van der Waals surface area (Å²) >= 11 is 0. The molecule has 0 atom stereocenters. The minimum Gasteiger partial charge on any atom is -0.505 e. The summed E-state index contributed by atoms with van der Waals surface area (Å²) in [5.74, 6) is 1.83. The first kappa shape index (κ1) is 32.2. The number of hydrogen-bond donors (Lipinski definition) is 1. The van der Waals surface area contributed by atoms with Gasteiger partial charge in [0.1, 0.15) is 11.4 Å². The smallest absolute Gasteiger partial charge is 0.505 e. The maximum Gasteiger partial charge on any atom is 2.00 e. The molecule has 0 saturated heterocycles. The van der Waals surface area contributed by atoms with Gasteiger partial charge in [0.25, 0.3) is 0 Å². The second-order valence-corrected chi connectivity index (χ2v) is 9.11. The molecule has 5 nitrogen and oxygen atoms in total. The van der Waals surface area contributed by atoms with Crippen molar-refractivity contribution in [2.24, 2.45) is 4.99 Å². The first-order valence-electron chi connectivity index (χ1n) is 9.64. The SMILES string of the molecule is COc1cc(C=Nc2cc(C(C)(C)C)cc(C(C)(C)C)c2O)cc(OC)c1OC.[CH3-].[CH3-].[Ti+2]. The Morgan fingerprint density at radius 1 is 0.781 bits per heavy atom. The molecule has 0 bridgehead atoms. The normalized spacial score (nSPS) is 11.2. The van der Waals surface area contributed by atoms with Crippen LogP contribution in [0.2, 0.25) is 0 Å². The molecule has 0 saturated carbocycles. The third kappa shape index (κ3) is 7.28. The molecule has 0 aromatic heterocycles. The van der Waals surface area contributed by atoms with Gasteiger partial charge in [-0.3, -0.25) is 4.99 Å². The summed E-state index contributed by atoms with van der Waals surface area (Å²) in [6.45, 7) is 12.7. The molecule has 176 valence electrons. The molecule has 0 spiro atoms. The fourth-order valence-corrected chi connectivity index (χ4v) is 3.04. The Morgan fingerprint density at radius 3 is 1.66 bits per heavy atom. The topological polar surface area (TPSA) is 60.3 Å². The number of phenolic OH excluding ortho intramolecular Hbond substituents is 1. The zero-order valence-electron chi connectivity index (χ0n) is 21.5. The fraction of sp³-hybridized carbons (Fsp3) is 0.423. The van der Waals surface area contributed by atoms with Crippen molar-refractivity contribution in [2.45, 2.75) is 52.4 Å². The Bertz CT molecular complexity index is 884. The van der Waals surface area contributed by atoms with Crippen LogP contribution < -0.4 is 14.2 Å². The van der Waals surface area contributed by atoms with E-state index in [4.69, 9.17) is 14.2 Å². The van der Waals surface area contributed by atoms with Crippen molar-refractivity contribution >= 4 is 11.9 Å². The van der Waals surface area contributed by atoms with Crippen molar-refractivity contribution in [1.29, 1.82) is 0 Å². The molecule has 32 heavy (non-hydrogen) atoms. The van der Waals surface area contributed by atoms with Gasteiger partial charge in [-0.25, -0.2) is 0 Å². The van der Waals surface area contributed by atoms with Crippen molar-refractivity contribution in [1.82, 2.24) is 0 Å². The molecule has 0 heterocycles. The summed E-state index contributed by atoms with van der Waals surface area (Å²) in [4.78, 5) is 4.60. The first-order chi connectivity index (χ1) is 13.4. The molecule has 2 aromatic carbocycles. The van der Waals surface area contributed by atoms with Gasteiger partial charge >= 0.3 is 21.7 Å². The van der Waals surface area contributed by atoms with Crippen molar-refractivity contribution in [3.63, 3.8) is 0 Å². The van der Waals surface area contributed by atoms with Crippen LogP contribution in [0.3, 0.4) is 0 Å². The fourth-order valence-electron chi connectivity index (χ4n) is 3.04. The van der Waals surface area contributed by atoms with E-state index in [-0.39, 0.29) is 53.2 Å². The molecular weight excluding hydrogens is 438 g/mol. The summed E-state index contributed by atoms with van der Waals surface area (Å²) in [6, 6.07) is 7.66. The molecule has 0 aliphatic carbocycles. The Labute approximate surface area is 210 Å². The van der Waals surface area contributed by atoms with Crippen LogP contribution in [0, 0.1) is 14.9 Å². The van der Waals surface area contributed by atoms with Crippen LogP contribution in [0.15, 0.2) is 29.3 Å². The quantitative estimate of drug-likeness (QED) is 0.297. The first-order valence-corrected chi connectivity index (χ1v) is 9.64. The molecule has 6 heteroatoms. The van der Waals surface area contributed by atoms with Crippen LogP contribution in [-0.4, -0.2) is 32.7 Å². The minimum absolute atomic E-state index is 0. The van der Waals surface area contributed by atoms with Gasteiger partial charge in [0.05, 0.1) is 21.3 Å². The number of nitrogens with zero attached hydrogens (tertiary/aromatic N) is 1. The Balaban J connectivity index is 0. The Hall–Kier alpha value is -1.98. The summed E-state index contributed by atoms with van der Waals surface area (Å²) in [5, 5.41) is 10.9. The van der Waals surface area contributed by atoms with E-state index in [1.165, 1.54) is 0 Å². The number of rotatable bonds is 5. The molecule has 0 radical (unpaired) electrons. The van der Waals surface area contributed by atoms with Crippen LogP contribution in [0.25, 0.3) is 0 Å². The number of phenols is 1. The van der Waals surface area contributed by atoms with Crippen molar-refractivity contribution in [3.8, 4) is 23.0 Å². The predicted octanol–water partition coefficient (Wildman–Crippen LogP) is 6.66. The number of benzene rings is 2. The predicted molar refractivity (Wildman–Crippen MR) is 132 cm³/mol. The van der Waals surface area contributed by atoms with Gasteiger partial charge in [0.2, 0.25) is 5.75 Å². The minimum atomic E-state index is -0.206. The van der Waals surface area contributed by atoms with Crippen molar-refractivity contribution < 1.29 is 41.0 Å². The van der Waals surface area contributed by atoms with Gasteiger partial charge in [-0.15, -0.1) is 0 Å². The number of aromatic hydroxyl groups is 1. The van der Waals surface area contributed by atoms with Crippen LogP contribution in [0.1, 0.15) is 58.2 Å². The standard InChI is InChI=1S/C24H33NO4.2CH3.Ti/c1-23(2,3)16-12-17(24(4,5)6)21(26)18(13-16)25-14-15-10-19(27-7)22(29-9)20(11-15)28-8;;;/h10-14,26H,1-9H3;2*1H3;/q;2*-1;+2. The number of aliphatic imine (C=N–C) groups is 1. The van der Waals surface area contributed by atoms with E-state index in [1.807, 2.05) is 18.2 Å². The molecule has 2 rings (SSSR count). The van der Waals surface area contributed by atoms with Gasteiger partial charge in [-0.1, -0.05) is 47.6 Å². The van der Waals surface area contributed by atoms with Gasteiger partial charge in [0, 0.05) is 17.3 Å². The molecule has 0 unspecified atom stereocenters. The second-order valence-electron chi connectivity index (χ2n) is 9.11. The van der Waals surface area contributed by atoms with Crippen LogP contribution in [0.5, 0.6) is 23.0 Å². The van der Waals surface area contributed by atoms with Crippen LogP contribution in [-0.2, 0) is 32.5 Å². The van der Waals surface area contributed by atoms with E-state index >= 15 is 0 Å². The van der Waals surface area contributed by atoms with Crippen molar-refractivity contribution in [3.05, 3.63) is 55.8 Å². The number of methoxy groups -OCH3 is 3. The molecule has 1 N–H and O–H groups in total. The van der Waals surface area contributed by atoms with Gasteiger partial charge < -0.3 is 34.2 Å². The van der Waals surface area contributed by atoms with E-state index in [1.54, 1.807) is 27.5 Å². The summed E-state index contributed by atoms with van der Waals surface area (Å²) < 4.78 is 16.2. The number of hydrogen-bond acceptors (Lipinski definition) is 5. The van der Waals surface area contributed by atoms with Gasteiger partial charge in [-0.05, 0) is 34.6 Å². The Morgan fingerprint density at radius 2 is 1.28 bits per heavy atom. The molecule has 0 amide bonds. The van der Waals surface area contributed by atoms with Crippen LogP contribution in [0.4, 0.5) is 5.69 Å².